The highest BCUT2D eigenvalue weighted by molar-refractivity contribution is 5.80. The summed E-state index contributed by atoms with van der Waals surface area (Å²) in [6, 6.07) is 6.23. The lowest BCUT2D eigenvalue weighted by atomic mass is 9.83. The van der Waals surface area contributed by atoms with Gasteiger partial charge in [0.2, 0.25) is 0 Å². The first-order valence-corrected chi connectivity index (χ1v) is 6.39. The van der Waals surface area contributed by atoms with Crippen LogP contribution >= 0.6 is 0 Å². The molecule has 18 heavy (non-hydrogen) atoms. The van der Waals surface area contributed by atoms with Gasteiger partial charge in [-0.1, -0.05) is 26.0 Å². The van der Waals surface area contributed by atoms with Crippen molar-refractivity contribution in [3.05, 3.63) is 35.6 Å². The first kappa shape index (κ1) is 14.8. The fourth-order valence-electron chi connectivity index (χ4n) is 1.96. The summed E-state index contributed by atoms with van der Waals surface area (Å²) in [4.78, 5) is 11.8. The molecule has 0 heterocycles. The maximum Gasteiger partial charge on any atom is 0.137 e. The number of carbonyl (C=O) groups is 1. The Kier molecular flexibility index (Phi) is 5.48. The third kappa shape index (κ3) is 5.41. The maximum absolute atomic E-state index is 13.0. The molecule has 0 aromatic heterocycles. The van der Waals surface area contributed by atoms with Gasteiger partial charge in [-0.3, -0.25) is 4.79 Å². The normalized spacial score (nSPS) is 11.6. The van der Waals surface area contributed by atoms with Gasteiger partial charge >= 0.3 is 0 Å². The lowest BCUT2D eigenvalue weighted by molar-refractivity contribution is -0.119. The van der Waals surface area contributed by atoms with Crippen molar-refractivity contribution in [1.29, 1.82) is 0 Å². The van der Waals surface area contributed by atoms with Gasteiger partial charge in [-0.15, -0.1) is 0 Å². The van der Waals surface area contributed by atoms with Gasteiger partial charge in [-0.05, 0) is 42.5 Å². The Morgan fingerprint density at radius 1 is 1.33 bits per heavy atom. The second kappa shape index (κ2) is 6.64. The minimum absolute atomic E-state index is 0.104. The van der Waals surface area contributed by atoms with E-state index in [-0.39, 0.29) is 17.0 Å². The van der Waals surface area contributed by atoms with E-state index in [0.717, 1.165) is 18.4 Å². The van der Waals surface area contributed by atoms with Crippen molar-refractivity contribution in [3.63, 3.8) is 0 Å². The summed E-state index contributed by atoms with van der Waals surface area (Å²) in [6.07, 6.45) is 2.60. The van der Waals surface area contributed by atoms with Crippen LogP contribution in [-0.2, 0) is 11.2 Å². The number of halogens is 1. The highest BCUT2D eigenvalue weighted by Crippen LogP contribution is 2.26. The van der Waals surface area contributed by atoms with E-state index in [4.69, 9.17) is 5.73 Å². The molecule has 0 saturated carbocycles. The molecule has 1 rings (SSSR count). The molecule has 0 unspecified atom stereocenters. The van der Waals surface area contributed by atoms with Crippen LogP contribution in [0.2, 0.25) is 0 Å². The van der Waals surface area contributed by atoms with Gasteiger partial charge in [0.05, 0.1) is 0 Å². The molecule has 100 valence electrons. The van der Waals surface area contributed by atoms with Gasteiger partial charge in [0.15, 0.2) is 0 Å². The van der Waals surface area contributed by atoms with Gasteiger partial charge < -0.3 is 5.73 Å². The lowest BCUT2D eigenvalue weighted by Gasteiger charge is -2.23. The van der Waals surface area contributed by atoms with E-state index in [1.807, 2.05) is 0 Å². The van der Waals surface area contributed by atoms with E-state index < -0.39 is 0 Å². The largest absolute Gasteiger partial charge is 0.330 e. The average molecular weight is 251 g/mol. The number of nitrogens with two attached hydrogens (primary N) is 1. The monoisotopic (exact) mass is 251 g/mol. The molecule has 0 fully saturated rings. The number of hydrogen-bond donors (Lipinski definition) is 1. The SMILES string of the molecule is CC(C)(CCN)CCC(=O)Cc1cccc(F)c1. The number of benzene rings is 1. The van der Waals surface area contributed by atoms with E-state index in [1.165, 1.54) is 12.1 Å². The number of Topliss-reactive ketones (excluding diaryl/α,β-unsaturated/α-hetero) is 1. The maximum atomic E-state index is 13.0. The van der Waals surface area contributed by atoms with Crippen LogP contribution in [0.15, 0.2) is 24.3 Å². The second-order valence-electron chi connectivity index (χ2n) is 5.55. The average Bonchev–Trinajstić information content (AvgIpc) is 2.26. The van der Waals surface area contributed by atoms with Crippen LogP contribution in [0.4, 0.5) is 4.39 Å². The Bertz CT molecular complexity index is 401. The van der Waals surface area contributed by atoms with Gasteiger partial charge in [-0.2, -0.15) is 0 Å². The third-order valence-corrected chi connectivity index (χ3v) is 3.19. The molecule has 3 heteroatoms. The van der Waals surface area contributed by atoms with Crippen molar-refractivity contribution in [3.8, 4) is 0 Å². The summed E-state index contributed by atoms with van der Waals surface area (Å²) in [5.41, 5.74) is 6.39. The predicted octanol–water partition coefficient (Wildman–Crippen LogP) is 3.09. The molecule has 0 aliphatic heterocycles. The van der Waals surface area contributed by atoms with Crippen LogP contribution in [0.25, 0.3) is 0 Å². The zero-order valence-corrected chi connectivity index (χ0v) is 11.2. The van der Waals surface area contributed by atoms with E-state index in [9.17, 15) is 9.18 Å². The second-order valence-corrected chi connectivity index (χ2v) is 5.55. The fourth-order valence-corrected chi connectivity index (χ4v) is 1.96. The molecule has 0 aliphatic rings. The summed E-state index contributed by atoms with van der Waals surface area (Å²) < 4.78 is 13.0. The molecule has 0 spiro atoms. The number of carbonyl (C=O) groups excluding carboxylic acids is 1. The summed E-state index contributed by atoms with van der Waals surface area (Å²) >= 11 is 0. The molecule has 0 amide bonds. The van der Waals surface area contributed by atoms with Crippen LogP contribution in [0.3, 0.4) is 0 Å². The Balaban J connectivity index is 2.43. The Morgan fingerprint density at radius 2 is 2.06 bits per heavy atom. The smallest absolute Gasteiger partial charge is 0.137 e. The third-order valence-electron chi connectivity index (χ3n) is 3.19. The van der Waals surface area contributed by atoms with Gasteiger partial charge in [-0.25, -0.2) is 4.39 Å². The molecule has 0 saturated heterocycles. The molecule has 0 aliphatic carbocycles. The molecule has 0 atom stereocenters. The number of ketones is 1. The van der Waals surface area contributed by atoms with Crippen molar-refractivity contribution in [1.82, 2.24) is 0 Å². The van der Waals surface area contributed by atoms with Crippen molar-refractivity contribution in [2.45, 2.75) is 39.5 Å². The van der Waals surface area contributed by atoms with Crippen LogP contribution < -0.4 is 5.73 Å². The minimum Gasteiger partial charge on any atom is -0.330 e. The zero-order valence-electron chi connectivity index (χ0n) is 11.2. The van der Waals surface area contributed by atoms with E-state index in [2.05, 4.69) is 13.8 Å². The Labute approximate surface area is 108 Å². The van der Waals surface area contributed by atoms with Crippen molar-refractivity contribution in [2.75, 3.05) is 6.54 Å². The number of rotatable bonds is 7. The standard InChI is InChI=1S/C15H22FNO/c1-15(2,8-9-17)7-6-14(18)11-12-4-3-5-13(16)10-12/h3-5,10H,6-9,11,17H2,1-2H3. The van der Waals surface area contributed by atoms with E-state index in [1.54, 1.807) is 12.1 Å². The van der Waals surface area contributed by atoms with Gasteiger partial charge in [0, 0.05) is 12.8 Å². The van der Waals surface area contributed by atoms with Crippen molar-refractivity contribution in [2.24, 2.45) is 11.1 Å². The molecular formula is C15H22FNO. The summed E-state index contributed by atoms with van der Waals surface area (Å²) in [5, 5.41) is 0. The summed E-state index contributed by atoms with van der Waals surface area (Å²) in [5.74, 6) is -0.130. The van der Waals surface area contributed by atoms with Crippen molar-refractivity contribution >= 4 is 5.78 Å². The number of hydrogen-bond acceptors (Lipinski definition) is 2. The lowest BCUT2D eigenvalue weighted by Crippen LogP contribution is -2.18. The highest BCUT2D eigenvalue weighted by Gasteiger charge is 2.18. The van der Waals surface area contributed by atoms with Crippen LogP contribution in [0.5, 0.6) is 0 Å². The zero-order chi connectivity index (χ0) is 13.6. The molecule has 0 radical (unpaired) electrons. The Morgan fingerprint density at radius 3 is 2.67 bits per heavy atom. The molecular weight excluding hydrogens is 229 g/mol. The van der Waals surface area contributed by atoms with Crippen LogP contribution in [0, 0.1) is 11.2 Å². The first-order valence-electron chi connectivity index (χ1n) is 6.39. The van der Waals surface area contributed by atoms with Crippen molar-refractivity contribution < 1.29 is 9.18 Å². The first-order chi connectivity index (χ1) is 8.43. The molecule has 1 aromatic carbocycles. The summed E-state index contributed by atoms with van der Waals surface area (Å²) in [7, 11) is 0. The van der Waals surface area contributed by atoms with E-state index >= 15 is 0 Å². The molecule has 1 aromatic rings. The van der Waals surface area contributed by atoms with Gasteiger partial charge in [0.25, 0.3) is 0 Å². The summed E-state index contributed by atoms with van der Waals surface area (Å²) in [6.45, 7) is 4.88. The highest BCUT2D eigenvalue weighted by atomic mass is 19.1. The fraction of sp³-hybridized carbons (Fsp3) is 0.533. The quantitative estimate of drug-likeness (QED) is 0.809. The van der Waals surface area contributed by atoms with E-state index in [0.29, 0.717) is 19.4 Å². The molecule has 2 N–H and O–H groups in total. The molecule has 2 nitrogen and oxygen atoms in total. The Hall–Kier alpha value is -1.22. The van der Waals surface area contributed by atoms with Gasteiger partial charge in [0.1, 0.15) is 11.6 Å². The van der Waals surface area contributed by atoms with Crippen LogP contribution in [0.1, 0.15) is 38.7 Å². The van der Waals surface area contributed by atoms with Crippen LogP contribution in [-0.4, -0.2) is 12.3 Å². The molecule has 0 bridgehead atoms. The predicted molar refractivity (Wildman–Crippen MR) is 71.8 cm³/mol. The minimum atomic E-state index is -0.288. The topological polar surface area (TPSA) is 43.1 Å².